The number of aliphatic hydroxyl groups excluding tert-OH is 2. The Morgan fingerprint density at radius 1 is 1.41 bits per heavy atom. The van der Waals surface area contributed by atoms with Crippen LogP contribution in [0.2, 0.25) is 5.02 Å². The third-order valence-electron chi connectivity index (χ3n) is 2.44. The van der Waals surface area contributed by atoms with Gasteiger partial charge in [-0.2, -0.15) is 4.31 Å². The average Bonchev–Trinajstić information content (AvgIpc) is 2.74. The summed E-state index contributed by atoms with van der Waals surface area (Å²) in [6, 6.07) is 1.35. The lowest BCUT2D eigenvalue weighted by Gasteiger charge is -2.13. The van der Waals surface area contributed by atoms with Gasteiger partial charge in [-0.1, -0.05) is 11.6 Å². The van der Waals surface area contributed by atoms with Gasteiger partial charge in [0.1, 0.15) is 4.21 Å². The molecule has 0 bridgehead atoms. The maximum Gasteiger partial charge on any atom is 0.252 e. The Morgan fingerprint density at radius 3 is 2.35 bits per heavy atom. The summed E-state index contributed by atoms with van der Waals surface area (Å²) in [7, 11) is -3.69. The van der Waals surface area contributed by atoms with Crippen molar-refractivity contribution in [2.45, 2.75) is 16.4 Å². The standard InChI is InChI=1S/C8H9BrClNO4S2/c9-8-4(10)1-7(16-8)17(14,15)11-2-5(12)6(13)3-11/h1,5-6,12-13H,2-3H2. The minimum absolute atomic E-state index is 0.0932. The SMILES string of the molecule is O=S(=O)(c1cc(Cl)c(Br)s1)N1CC(O)C(O)C1. The molecule has 2 atom stereocenters. The van der Waals surface area contributed by atoms with Crippen LogP contribution in [0.1, 0.15) is 0 Å². The average molecular weight is 363 g/mol. The highest BCUT2D eigenvalue weighted by molar-refractivity contribution is 9.11. The summed E-state index contributed by atoms with van der Waals surface area (Å²) in [6.45, 7) is -0.201. The van der Waals surface area contributed by atoms with Gasteiger partial charge in [-0.05, 0) is 22.0 Å². The van der Waals surface area contributed by atoms with E-state index in [-0.39, 0.29) is 17.3 Å². The van der Waals surface area contributed by atoms with Gasteiger partial charge >= 0.3 is 0 Å². The Morgan fingerprint density at radius 2 is 1.94 bits per heavy atom. The van der Waals surface area contributed by atoms with Crippen LogP contribution in [0.3, 0.4) is 0 Å². The number of sulfonamides is 1. The summed E-state index contributed by atoms with van der Waals surface area (Å²) in [4.78, 5) is 0. The van der Waals surface area contributed by atoms with Gasteiger partial charge in [0.15, 0.2) is 0 Å². The van der Waals surface area contributed by atoms with Gasteiger partial charge in [-0.15, -0.1) is 11.3 Å². The summed E-state index contributed by atoms with van der Waals surface area (Å²) in [5.41, 5.74) is 0. The molecule has 96 valence electrons. The van der Waals surface area contributed by atoms with Crippen LogP contribution in [0, 0.1) is 0 Å². The Kier molecular flexibility index (Phi) is 3.85. The zero-order valence-electron chi connectivity index (χ0n) is 8.38. The summed E-state index contributed by atoms with van der Waals surface area (Å²) in [5.74, 6) is 0. The molecular weight excluding hydrogens is 354 g/mol. The van der Waals surface area contributed by atoms with Crippen LogP contribution in [-0.4, -0.2) is 48.2 Å². The Bertz CT molecular complexity index is 502. The van der Waals surface area contributed by atoms with Crippen molar-refractivity contribution in [2.24, 2.45) is 0 Å². The Balaban J connectivity index is 2.31. The highest BCUT2D eigenvalue weighted by Gasteiger charge is 2.38. The van der Waals surface area contributed by atoms with Crippen molar-refractivity contribution in [3.63, 3.8) is 0 Å². The van der Waals surface area contributed by atoms with Crippen molar-refractivity contribution < 1.29 is 18.6 Å². The number of thiophene rings is 1. The number of β-amino-alcohol motifs (C(OH)–C–C–N with tert-alkyl or cyclic N) is 2. The molecule has 2 heterocycles. The molecule has 0 radical (unpaired) electrons. The fourth-order valence-electron chi connectivity index (χ4n) is 1.51. The van der Waals surface area contributed by atoms with Crippen molar-refractivity contribution in [3.05, 3.63) is 14.9 Å². The molecule has 1 fully saturated rings. The summed E-state index contributed by atoms with van der Waals surface area (Å²) in [6.07, 6.45) is -2.08. The van der Waals surface area contributed by atoms with E-state index in [2.05, 4.69) is 15.9 Å². The lowest BCUT2D eigenvalue weighted by Crippen LogP contribution is -2.29. The number of hydrogen-bond donors (Lipinski definition) is 2. The number of hydrogen-bond acceptors (Lipinski definition) is 5. The minimum atomic E-state index is -3.69. The topological polar surface area (TPSA) is 77.8 Å². The van der Waals surface area contributed by atoms with Gasteiger partial charge in [0.25, 0.3) is 10.0 Å². The molecule has 17 heavy (non-hydrogen) atoms. The van der Waals surface area contributed by atoms with Gasteiger partial charge < -0.3 is 10.2 Å². The molecule has 1 aromatic rings. The number of rotatable bonds is 2. The first-order chi connectivity index (χ1) is 7.82. The van der Waals surface area contributed by atoms with E-state index >= 15 is 0 Å². The molecule has 1 saturated heterocycles. The smallest absolute Gasteiger partial charge is 0.252 e. The van der Waals surface area contributed by atoms with Crippen LogP contribution in [-0.2, 0) is 10.0 Å². The molecule has 0 aromatic carbocycles. The molecule has 0 amide bonds. The van der Waals surface area contributed by atoms with E-state index in [4.69, 9.17) is 11.6 Å². The van der Waals surface area contributed by atoms with E-state index in [1.807, 2.05) is 0 Å². The monoisotopic (exact) mass is 361 g/mol. The van der Waals surface area contributed by atoms with Crippen molar-refractivity contribution >= 4 is 48.9 Å². The quantitative estimate of drug-likeness (QED) is 0.819. The first-order valence-electron chi connectivity index (χ1n) is 4.63. The van der Waals surface area contributed by atoms with Gasteiger partial charge in [-0.3, -0.25) is 0 Å². The largest absolute Gasteiger partial charge is 0.389 e. The third kappa shape index (κ3) is 2.53. The van der Waals surface area contributed by atoms with E-state index in [0.29, 0.717) is 8.81 Å². The normalized spacial score (nSPS) is 26.6. The van der Waals surface area contributed by atoms with Gasteiger partial charge in [-0.25, -0.2) is 8.42 Å². The molecular formula is C8H9BrClNO4S2. The van der Waals surface area contributed by atoms with Crippen LogP contribution in [0.5, 0.6) is 0 Å². The summed E-state index contributed by atoms with van der Waals surface area (Å²) in [5, 5.41) is 19.0. The predicted molar refractivity (Wildman–Crippen MR) is 67.8 cm³/mol. The Hall–Kier alpha value is 0.300. The maximum atomic E-state index is 12.1. The number of aliphatic hydroxyl groups is 2. The molecule has 1 aliphatic heterocycles. The molecule has 0 aliphatic carbocycles. The van der Waals surface area contributed by atoms with Crippen LogP contribution < -0.4 is 0 Å². The molecule has 2 rings (SSSR count). The van der Waals surface area contributed by atoms with Crippen LogP contribution in [0.15, 0.2) is 14.1 Å². The zero-order chi connectivity index (χ0) is 12.8. The van der Waals surface area contributed by atoms with Crippen molar-refractivity contribution in [1.29, 1.82) is 0 Å². The lowest BCUT2D eigenvalue weighted by molar-refractivity contribution is 0.0572. The maximum absolute atomic E-state index is 12.1. The third-order valence-corrected chi connectivity index (χ3v) is 7.20. The lowest BCUT2D eigenvalue weighted by atomic mass is 10.3. The van der Waals surface area contributed by atoms with Gasteiger partial charge in [0.05, 0.1) is 21.0 Å². The molecule has 0 spiro atoms. The fraction of sp³-hybridized carbons (Fsp3) is 0.500. The second kappa shape index (κ2) is 4.76. The van der Waals surface area contributed by atoms with Crippen LogP contribution >= 0.6 is 38.9 Å². The van der Waals surface area contributed by atoms with Gasteiger partial charge in [0, 0.05) is 13.1 Å². The second-order valence-electron chi connectivity index (χ2n) is 3.64. The van der Waals surface area contributed by atoms with E-state index in [9.17, 15) is 18.6 Å². The van der Waals surface area contributed by atoms with Crippen molar-refractivity contribution in [2.75, 3.05) is 13.1 Å². The highest BCUT2D eigenvalue weighted by atomic mass is 79.9. The van der Waals surface area contributed by atoms with Gasteiger partial charge in [0.2, 0.25) is 0 Å². The van der Waals surface area contributed by atoms with Crippen molar-refractivity contribution in [3.8, 4) is 0 Å². The zero-order valence-corrected chi connectivity index (χ0v) is 12.4. The number of halogens is 2. The van der Waals surface area contributed by atoms with Crippen LogP contribution in [0.4, 0.5) is 0 Å². The predicted octanol–water partition coefficient (Wildman–Crippen LogP) is 0.890. The van der Waals surface area contributed by atoms with E-state index < -0.39 is 22.2 Å². The number of nitrogens with zero attached hydrogens (tertiary/aromatic N) is 1. The molecule has 2 unspecified atom stereocenters. The van der Waals surface area contributed by atoms with Crippen molar-refractivity contribution in [1.82, 2.24) is 4.31 Å². The second-order valence-corrected chi connectivity index (χ2v) is 8.59. The van der Waals surface area contributed by atoms with E-state index in [1.54, 1.807) is 0 Å². The minimum Gasteiger partial charge on any atom is -0.389 e. The molecule has 5 nitrogen and oxygen atoms in total. The molecule has 0 saturated carbocycles. The molecule has 9 heteroatoms. The summed E-state index contributed by atoms with van der Waals surface area (Å²) >= 11 is 9.93. The highest BCUT2D eigenvalue weighted by Crippen LogP contribution is 2.36. The van der Waals surface area contributed by atoms with E-state index in [0.717, 1.165) is 15.6 Å². The summed E-state index contributed by atoms with van der Waals surface area (Å²) < 4.78 is 25.9. The van der Waals surface area contributed by atoms with Crippen LogP contribution in [0.25, 0.3) is 0 Å². The fourth-order valence-corrected chi connectivity index (χ4v) is 5.54. The first kappa shape index (κ1) is 13.7. The molecule has 1 aromatic heterocycles. The first-order valence-corrected chi connectivity index (χ1v) is 8.06. The molecule has 2 N–H and O–H groups in total. The molecule has 1 aliphatic rings. The van der Waals surface area contributed by atoms with E-state index in [1.165, 1.54) is 6.07 Å². The Labute approximate surface area is 116 Å².